The normalized spacial score (nSPS) is 15.4. The minimum absolute atomic E-state index is 0.0669. The fourth-order valence-corrected chi connectivity index (χ4v) is 4.95. The third-order valence-corrected chi connectivity index (χ3v) is 6.38. The van der Waals surface area contributed by atoms with Gasteiger partial charge in [0.25, 0.3) is 0 Å². The van der Waals surface area contributed by atoms with Crippen molar-refractivity contribution in [1.82, 2.24) is 14.8 Å². The zero-order valence-electron chi connectivity index (χ0n) is 17.0. The second kappa shape index (κ2) is 7.52. The molecule has 0 fully saturated rings. The smallest absolute Gasteiger partial charge is 0.226 e. The van der Waals surface area contributed by atoms with E-state index in [1.54, 1.807) is 16.8 Å². The Morgan fingerprint density at radius 1 is 1.29 bits per heavy atom. The number of carbonyl (C=O) groups is 1. The molecule has 0 aliphatic carbocycles. The van der Waals surface area contributed by atoms with Crippen molar-refractivity contribution in [3.63, 3.8) is 0 Å². The van der Waals surface area contributed by atoms with Crippen molar-refractivity contribution < 1.29 is 9.53 Å². The Bertz CT molecular complexity index is 1350. The molecular weight excluding hydrogens is 410 g/mol. The second-order valence-corrected chi connectivity index (χ2v) is 8.37. The molecule has 1 N–H and O–H groups in total. The van der Waals surface area contributed by atoms with E-state index in [4.69, 9.17) is 20.1 Å². The van der Waals surface area contributed by atoms with Gasteiger partial charge in [-0.25, -0.2) is 4.98 Å². The Balaban J connectivity index is 1.60. The third-order valence-electron chi connectivity index (χ3n) is 5.39. The van der Waals surface area contributed by atoms with Crippen LogP contribution in [0.4, 0.5) is 5.82 Å². The lowest BCUT2D eigenvalue weighted by atomic mass is 9.85. The Labute approximate surface area is 182 Å². The summed E-state index contributed by atoms with van der Waals surface area (Å²) in [6, 6.07) is 15.3. The SMILES string of the molecule is CCOc1ccc2nc(-n3nc(C)c4c3NC(=O)C[C@@H]4c3ccc(C#N)cc3)sc2c1. The van der Waals surface area contributed by atoms with Crippen LogP contribution in [0.1, 0.15) is 41.6 Å². The van der Waals surface area contributed by atoms with Gasteiger partial charge < -0.3 is 10.1 Å². The van der Waals surface area contributed by atoms with Crippen molar-refractivity contribution in [2.75, 3.05) is 11.9 Å². The zero-order chi connectivity index (χ0) is 21.5. The van der Waals surface area contributed by atoms with Crippen LogP contribution in [0.5, 0.6) is 5.75 Å². The molecule has 1 aliphatic rings. The molecule has 2 aromatic carbocycles. The van der Waals surface area contributed by atoms with E-state index in [0.29, 0.717) is 29.5 Å². The quantitative estimate of drug-likeness (QED) is 0.514. The van der Waals surface area contributed by atoms with Crippen molar-refractivity contribution in [3.8, 4) is 17.0 Å². The second-order valence-electron chi connectivity index (χ2n) is 7.36. The van der Waals surface area contributed by atoms with E-state index < -0.39 is 0 Å². The zero-order valence-corrected chi connectivity index (χ0v) is 17.9. The molecule has 8 heteroatoms. The van der Waals surface area contributed by atoms with Gasteiger partial charge in [-0.2, -0.15) is 15.0 Å². The van der Waals surface area contributed by atoms with Gasteiger partial charge in [0.05, 0.1) is 34.2 Å². The Morgan fingerprint density at radius 3 is 2.84 bits per heavy atom. The fraction of sp³-hybridized carbons (Fsp3) is 0.217. The number of hydrogen-bond acceptors (Lipinski definition) is 6. The lowest BCUT2D eigenvalue weighted by molar-refractivity contribution is -0.116. The number of fused-ring (bicyclic) bond motifs is 2. The minimum atomic E-state index is -0.121. The van der Waals surface area contributed by atoms with Gasteiger partial charge in [-0.1, -0.05) is 23.5 Å². The van der Waals surface area contributed by atoms with E-state index >= 15 is 0 Å². The third kappa shape index (κ3) is 3.33. The first kappa shape index (κ1) is 19.3. The molecule has 7 nitrogen and oxygen atoms in total. The predicted octanol–water partition coefficient (Wildman–Crippen LogP) is 4.53. The first-order chi connectivity index (χ1) is 15.1. The summed E-state index contributed by atoms with van der Waals surface area (Å²) < 4.78 is 8.32. The molecule has 0 bridgehead atoms. The molecule has 1 atom stereocenters. The van der Waals surface area contributed by atoms with Gasteiger partial charge >= 0.3 is 0 Å². The van der Waals surface area contributed by atoms with Gasteiger partial charge in [-0.15, -0.1) is 0 Å². The maximum absolute atomic E-state index is 12.6. The van der Waals surface area contributed by atoms with E-state index in [-0.39, 0.29) is 11.8 Å². The van der Waals surface area contributed by atoms with E-state index in [2.05, 4.69) is 11.4 Å². The highest BCUT2D eigenvalue weighted by Crippen LogP contribution is 2.41. The lowest BCUT2D eigenvalue weighted by Gasteiger charge is -2.24. The molecule has 5 rings (SSSR count). The number of aromatic nitrogens is 3. The van der Waals surface area contributed by atoms with Crippen molar-refractivity contribution in [1.29, 1.82) is 5.26 Å². The van der Waals surface area contributed by atoms with Gasteiger partial charge in [0.2, 0.25) is 11.0 Å². The highest BCUT2D eigenvalue weighted by molar-refractivity contribution is 7.20. The summed E-state index contributed by atoms with van der Waals surface area (Å²) in [4.78, 5) is 17.3. The van der Waals surface area contributed by atoms with Crippen molar-refractivity contribution in [2.24, 2.45) is 0 Å². The average molecular weight is 430 g/mol. The number of rotatable bonds is 4. The summed E-state index contributed by atoms with van der Waals surface area (Å²) in [5, 5.41) is 17.5. The van der Waals surface area contributed by atoms with E-state index in [1.807, 2.05) is 44.2 Å². The summed E-state index contributed by atoms with van der Waals surface area (Å²) in [5.41, 5.74) is 4.27. The topological polar surface area (TPSA) is 92.8 Å². The van der Waals surface area contributed by atoms with Crippen LogP contribution >= 0.6 is 11.3 Å². The first-order valence-corrected chi connectivity index (χ1v) is 10.8. The minimum Gasteiger partial charge on any atom is -0.494 e. The molecule has 3 heterocycles. The Hall–Kier alpha value is -3.70. The molecule has 1 amide bonds. The molecule has 0 radical (unpaired) electrons. The summed E-state index contributed by atoms with van der Waals surface area (Å²) in [7, 11) is 0. The van der Waals surface area contributed by atoms with Crippen LogP contribution in [0.3, 0.4) is 0 Å². The van der Waals surface area contributed by atoms with E-state index in [9.17, 15) is 4.79 Å². The van der Waals surface area contributed by atoms with Crippen molar-refractivity contribution >= 4 is 33.3 Å². The van der Waals surface area contributed by atoms with Crippen molar-refractivity contribution in [3.05, 3.63) is 64.8 Å². The lowest BCUT2D eigenvalue weighted by Crippen LogP contribution is -2.24. The monoisotopic (exact) mass is 429 g/mol. The van der Waals surface area contributed by atoms with Gasteiger partial charge in [-0.05, 0) is 49.7 Å². The van der Waals surface area contributed by atoms with Crippen LogP contribution in [-0.4, -0.2) is 27.3 Å². The molecule has 31 heavy (non-hydrogen) atoms. The molecule has 154 valence electrons. The van der Waals surface area contributed by atoms with Crippen LogP contribution in [0.25, 0.3) is 15.3 Å². The summed E-state index contributed by atoms with van der Waals surface area (Å²) >= 11 is 1.50. The molecular formula is C23H19N5O2S. The van der Waals surface area contributed by atoms with Crippen molar-refractivity contribution in [2.45, 2.75) is 26.2 Å². The van der Waals surface area contributed by atoms with Gasteiger partial charge in [0.15, 0.2) is 0 Å². The first-order valence-electron chi connectivity index (χ1n) is 10.0. The fourth-order valence-electron chi connectivity index (χ4n) is 4.00. The molecule has 1 aliphatic heterocycles. The number of aryl methyl sites for hydroxylation is 1. The number of nitrogens with one attached hydrogen (secondary N) is 1. The number of ether oxygens (including phenoxy) is 1. The number of amides is 1. The predicted molar refractivity (Wildman–Crippen MR) is 119 cm³/mol. The van der Waals surface area contributed by atoms with E-state index in [0.717, 1.165) is 32.8 Å². The van der Waals surface area contributed by atoms with Crippen LogP contribution in [0.2, 0.25) is 0 Å². The molecule has 0 saturated heterocycles. The van der Waals surface area contributed by atoms with Crippen LogP contribution in [0, 0.1) is 18.3 Å². The molecule has 0 unspecified atom stereocenters. The molecule has 0 saturated carbocycles. The highest BCUT2D eigenvalue weighted by Gasteiger charge is 2.33. The average Bonchev–Trinajstić information content (AvgIpc) is 3.34. The number of nitrogens with zero attached hydrogens (tertiary/aromatic N) is 4. The Kier molecular flexibility index (Phi) is 4.68. The number of thiazole rings is 1. The van der Waals surface area contributed by atoms with E-state index in [1.165, 1.54) is 11.3 Å². The van der Waals surface area contributed by atoms with Gasteiger partial charge in [0.1, 0.15) is 11.6 Å². The molecule has 4 aromatic rings. The van der Waals surface area contributed by atoms with Gasteiger partial charge in [0, 0.05) is 17.9 Å². The maximum Gasteiger partial charge on any atom is 0.226 e. The summed E-state index contributed by atoms with van der Waals surface area (Å²) in [6.07, 6.45) is 0.336. The number of nitriles is 1. The molecule has 0 spiro atoms. The van der Waals surface area contributed by atoms with Gasteiger partial charge in [-0.3, -0.25) is 4.79 Å². The largest absolute Gasteiger partial charge is 0.494 e. The number of anilines is 1. The number of carbonyl (C=O) groups excluding carboxylic acids is 1. The number of benzene rings is 2. The maximum atomic E-state index is 12.6. The summed E-state index contributed by atoms with van der Waals surface area (Å²) in [5.74, 6) is 1.28. The standard InChI is InChI=1S/C23H19N5O2S/c1-3-30-16-8-9-18-19(10-16)31-23(25-18)28-22-21(13(2)27-28)17(11-20(29)26-22)15-6-4-14(12-24)5-7-15/h4-10,17H,3,11H2,1-2H3,(H,26,29)/t17-/m1/s1. The summed E-state index contributed by atoms with van der Waals surface area (Å²) in [6.45, 7) is 4.50. The Morgan fingerprint density at radius 2 is 2.10 bits per heavy atom. The molecule has 2 aromatic heterocycles. The number of hydrogen-bond donors (Lipinski definition) is 1. The van der Waals surface area contributed by atoms with Crippen LogP contribution in [0.15, 0.2) is 42.5 Å². The van der Waals surface area contributed by atoms with Crippen LogP contribution < -0.4 is 10.1 Å². The van der Waals surface area contributed by atoms with Crippen LogP contribution in [-0.2, 0) is 4.79 Å². The highest BCUT2D eigenvalue weighted by atomic mass is 32.1.